The van der Waals surface area contributed by atoms with Crippen molar-refractivity contribution in [2.75, 3.05) is 11.1 Å². The van der Waals surface area contributed by atoms with Gasteiger partial charge in [0, 0.05) is 18.4 Å². The lowest BCUT2D eigenvalue weighted by Crippen LogP contribution is -2.28. The van der Waals surface area contributed by atoms with Crippen molar-refractivity contribution in [3.05, 3.63) is 58.8 Å². The topological polar surface area (TPSA) is 146 Å². The molecule has 37 heavy (non-hydrogen) atoms. The maximum absolute atomic E-state index is 13.5. The molecule has 1 N–H and O–H groups in total. The smallest absolute Gasteiger partial charge is 0.295 e. The molecule has 0 bridgehead atoms. The lowest BCUT2D eigenvalue weighted by molar-refractivity contribution is 0.526. The van der Waals surface area contributed by atoms with Crippen LogP contribution in [0.3, 0.4) is 0 Å². The summed E-state index contributed by atoms with van der Waals surface area (Å²) in [4.78, 5) is 40.2. The first-order valence-electron chi connectivity index (χ1n) is 12.2. The average Bonchev–Trinajstić information content (AvgIpc) is 2.91. The fourth-order valence-electron chi connectivity index (χ4n) is 3.85. The third-order valence-electron chi connectivity index (χ3n) is 6.17. The molecule has 0 amide bonds. The summed E-state index contributed by atoms with van der Waals surface area (Å²) in [7, 11) is -3.33. The minimum Gasteiger partial charge on any atom is -0.360 e. The second kappa shape index (κ2) is 10.7. The van der Waals surface area contributed by atoms with Gasteiger partial charge in [0.05, 0.1) is 40.3 Å². The molecule has 4 heterocycles. The van der Waals surface area contributed by atoms with Crippen molar-refractivity contribution >= 4 is 26.8 Å². The maximum Gasteiger partial charge on any atom is 0.295 e. The van der Waals surface area contributed by atoms with E-state index in [0.717, 1.165) is 5.69 Å². The van der Waals surface area contributed by atoms with E-state index in [4.69, 9.17) is 4.98 Å². The Balaban J connectivity index is 1.73. The highest BCUT2D eigenvalue weighted by Crippen LogP contribution is 2.26. The predicted molar refractivity (Wildman–Crippen MR) is 141 cm³/mol. The van der Waals surface area contributed by atoms with E-state index in [1.165, 1.54) is 18.6 Å². The van der Waals surface area contributed by atoms with Gasteiger partial charge in [0.25, 0.3) is 5.56 Å². The van der Waals surface area contributed by atoms with E-state index < -0.39 is 9.84 Å². The molecule has 0 radical (unpaired) electrons. The number of hydrogen-bond acceptors (Lipinski definition) is 10. The van der Waals surface area contributed by atoms with Gasteiger partial charge in [-0.1, -0.05) is 27.7 Å². The summed E-state index contributed by atoms with van der Waals surface area (Å²) in [5, 5.41) is 3.05. The number of nitrogens with one attached hydrogen (secondary N) is 1. The van der Waals surface area contributed by atoms with Gasteiger partial charge in [-0.25, -0.2) is 33.3 Å². The molecule has 194 valence electrons. The van der Waals surface area contributed by atoms with Gasteiger partial charge in [0.1, 0.15) is 11.8 Å². The Morgan fingerprint density at radius 3 is 2.43 bits per heavy atom. The number of nitrogens with zero attached hydrogens (tertiary/aromatic N) is 7. The molecule has 4 rings (SSSR count). The molecule has 0 aliphatic rings. The summed E-state index contributed by atoms with van der Waals surface area (Å²) in [6.07, 6.45) is 6.82. The summed E-state index contributed by atoms with van der Waals surface area (Å²) in [5.74, 6) is 0.718. The number of hydrogen-bond donors (Lipinski definition) is 1. The minimum absolute atomic E-state index is 0.00229. The first kappa shape index (κ1) is 26.3. The van der Waals surface area contributed by atoms with Gasteiger partial charge < -0.3 is 5.32 Å². The Kier molecular flexibility index (Phi) is 7.58. The van der Waals surface area contributed by atoms with Gasteiger partial charge in [0.15, 0.2) is 27.1 Å². The Labute approximate surface area is 215 Å². The molecule has 0 unspecified atom stereocenters. The van der Waals surface area contributed by atoms with E-state index in [0.29, 0.717) is 34.7 Å². The number of rotatable bonds is 9. The normalized spacial score (nSPS) is 12.7. The molecule has 0 saturated heterocycles. The SMILES string of the molecule is CC[C@@H](C)n1c(=O)c(NCc2ccc(S(=O)(=O)CC)cn2)nc2cnc(-c3cncnc3C(C)C)nc21. The van der Waals surface area contributed by atoms with Gasteiger partial charge in [-0.15, -0.1) is 0 Å². The van der Waals surface area contributed by atoms with Crippen LogP contribution in [0, 0.1) is 0 Å². The van der Waals surface area contributed by atoms with Crippen LogP contribution in [0.15, 0.2) is 46.7 Å². The van der Waals surface area contributed by atoms with Crippen LogP contribution < -0.4 is 10.9 Å². The molecule has 1 atom stereocenters. The van der Waals surface area contributed by atoms with E-state index in [1.807, 2.05) is 27.7 Å². The first-order chi connectivity index (χ1) is 17.7. The standard InChI is InChI=1S/C25H30N8O3S/c1-6-16(5)33-24-20(13-29-22(32-24)19-12-26-14-30-21(19)15(3)4)31-23(25(33)34)28-10-17-8-9-18(11-27-17)37(35,36)7-2/h8-9,11-16H,6-7,10H2,1-5H3,(H,28,31)/t16-/m1/s1. The molecular formula is C25H30N8O3S. The third-order valence-corrected chi connectivity index (χ3v) is 7.89. The van der Waals surface area contributed by atoms with E-state index in [-0.39, 0.29) is 40.5 Å². The van der Waals surface area contributed by atoms with Crippen molar-refractivity contribution in [1.82, 2.24) is 34.5 Å². The fraction of sp³-hybridized carbons (Fsp3) is 0.400. The number of aromatic nitrogens is 7. The molecule has 0 fully saturated rings. The Morgan fingerprint density at radius 2 is 1.78 bits per heavy atom. The quantitative estimate of drug-likeness (QED) is 0.346. The van der Waals surface area contributed by atoms with Crippen molar-refractivity contribution in [3.8, 4) is 11.4 Å². The van der Waals surface area contributed by atoms with Crippen LogP contribution in [0.5, 0.6) is 0 Å². The summed E-state index contributed by atoms with van der Waals surface area (Å²) in [6.45, 7) is 9.79. The van der Waals surface area contributed by atoms with Crippen LogP contribution in [0.4, 0.5) is 5.82 Å². The highest BCUT2D eigenvalue weighted by molar-refractivity contribution is 7.91. The van der Waals surface area contributed by atoms with Gasteiger partial charge in [-0.3, -0.25) is 14.3 Å². The summed E-state index contributed by atoms with van der Waals surface area (Å²) in [5.41, 5.74) is 2.69. The monoisotopic (exact) mass is 522 g/mol. The highest BCUT2D eigenvalue weighted by atomic mass is 32.2. The molecule has 4 aromatic heterocycles. The van der Waals surface area contributed by atoms with Crippen molar-refractivity contribution in [3.63, 3.8) is 0 Å². The Morgan fingerprint density at radius 1 is 1.00 bits per heavy atom. The zero-order valence-corrected chi connectivity index (χ0v) is 22.3. The summed E-state index contributed by atoms with van der Waals surface area (Å²) < 4.78 is 25.7. The lowest BCUT2D eigenvalue weighted by atomic mass is 10.0. The van der Waals surface area contributed by atoms with Crippen LogP contribution in [0.25, 0.3) is 22.6 Å². The van der Waals surface area contributed by atoms with Crippen LogP contribution >= 0.6 is 0 Å². The number of sulfone groups is 1. The second-order valence-electron chi connectivity index (χ2n) is 9.01. The zero-order chi connectivity index (χ0) is 26.7. The molecule has 4 aromatic rings. The number of pyridine rings is 1. The van der Waals surface area contributed by atoms with Crippen LogP contribution in [-0.2, 0) is 16.4 Å². The molecule has 0 spiro atoms. The molecule has 0 aliphatic carbocycles. The summed E-state index contributed by atoms with van der Waals surface area (Å²) >= 11 is 0. The molecule has 0 saturated carbocycles. The van der Waals surface area contributed by atoms with Crippen molar-refractivity contribution < 1.29 is 8.42 Å². The minimum atomic E-state index is -3.33. The maximum atomic E-state index is 13.5. The molecule has 0 aromatic carbocycles. The lowest BCUT2D eigenvalue weighted by Gasteiger charge is -2.18. The second-order valence-corrected chi connectivity index (χ2v) is 11.3. The van der Waals surface area contributed by atoms with Gasteiger partial charge in [-0.2, -0.15) is 0 Å². The molecule has 11 nitrogen and oxygen atoms in total. The van der Waals surface area contributed by atoms with Crippen molar-refractivity contribution in [2.24, 2.45) is 0 Å². The number of anilines is 1. The van der Waals surface area contributed by atoms with Crippen molar-refractivity contribution in [2.45, 2.75) is 64.4 Å². The average molecular weight is 523 g/mol. The molecule has 12 heteroatoms. The Hall–Kier alpha value is -3.80. The van der Waals surface area contributed by atoms with E-state index >= 15 is 0 Å². The van der Waals surface area contributed by atoms with Crippen molar-refractivity contribution in [1.29, 1.82) is 0 Å². The van der Waals surface area contributed by atoms with Gasteiger partial charge >= 0.3 is 0 Å². The van der Waals surface area contributed by atoms with Gasteiger partial charge in [0.2, 0.25) is 0 Å². The fourth-order valence-corrected chi connectivity index (χ4v) is 4.67. The largest absolute Gasteiger partial charge is 0.360 e. The Bertz CT molecular complexity index is 1580. The molecular weight excluding hydrogens is 492 g/mol. The third kappa shape index (κ3) is 5.33. The van der Waals surface area contributed by atoms with E-state index in [9.17, 15) is 13.2 Å². The van der Waals surface area contributed by atoms with Crippen LogP contribution in [-0.4, -0.2) is 48.6 Å². The van der Waals surface area contributed by atoms with E-state index in [2.05, 4.69) is 30.2 Å². The molecule has 0 aliphatic heterocycles. The highest BCUT2D eigenvalue weighted by Gasteiger charge is 2.20. The van der Waals surface area contributed by atoms with E-state index in [1.54, 1.807) is 30.0 Å². The van der Waals surface area contributed by atoms with Crippen LogP contribution in [0.2, 0.25) is 0 Å². The first-order valence-corrected chi connectivity index (χ1v) is 13.8. The van der Waals surface area contributed by atoms with Crippen LogP contribution in [0.1, 0.15) is 64.4 Å². The zero-order valence-electron chi connectivity index (χ0n) is 21.5. The number of fused-ring (bicyclic) bond motifs is 1. The summed E-state index contributed by atoms with van der Waals surface area (Å²) in [6, 6.07) is 2.99. The predicted octanol–water partition coefficient (Wildman–Crippen LogP) is 3.54. The van der Waals surface area contributed by atoms with Gasteiger partial charge in [-0.05, 0) is 31.4 Å².